The highest BCUT2D eigenvalue weighted by molar-refractivity contribution is 6.37. The van der Waals surface area contributed by atoms with Gasteiger partial charge in [0.15, 0.2) is 0 Å². The van der Waals surface area contributed by atoms with E-state index in [9.17, 15) is 28.1 Å². The number of nitro benzene ring substituents is 1. The number of benzene rings is 2. The molecule has 0 saturated heterocycles. The summed E-state index contributed by atoms with van der Waals surface area (Å²) in [6.45, 7) is 3.89. The number of hydrogen-bond donors (Lipinski definition) is 0. The van der Waals surface area contributed by atoms with Crippen molar-refractivity contribution >= 4 is 28.3 Å². The van der Waals surface area contributed by atoms with Gasteiger partial charge in [-0.15, -0.1) is 13.2 Å². The van der Waals surface area contributed by atoms with Crippen molar-refractivity contribution in [3.63, 3.8) is 0 Å². The smallest absolute Gasteiger partial charge is 0.406 e. The lowest BCUT2D eigenvalue weighted by Gasteiger charge is -2.12. The van der Waals surface area contributed by atoms with E-state index in [1.807, 2.05) is 13.8 Å². The largest absolute Gasteiger partial charge is 0.573 e. The Morgan fingerprint density at radius 3 is 2.55 bits per heavy atom. The molecule has 29 heavy (non-hydrogen) atoms. The summed E-state index contributed by atoms with van der Waals surface area (Å²) in [5.41, 5.74) is -0.328. The summed E-state index contributed by atoms with van der Waals surface area (Å²) in [4.78, 5) is 26.3. The lowest BCUT2D eigenvalue weighted by molar-refractivity contribution is -0.384. The fraction of sp³-hybridized carbons (Fsp3) is 0.222. The van der Waals surface area contributed by atoms with E-state index in [2.05, 4.69) is 9.72 Å². The molecule has 3 rings (SSSR count). The average Bonchev–Trinajstić information content (AvgIpc) is 2.64. The number of ether oxygens (including phenoxy) is 1. The van der Waals surface area contributed by atoms with Crippen molar-refractivity contribution in [1.29, 1.82) is 0 Å². The number of rotatable bonds is 4. The molecule has 2 aromatic carbocycles. The van der Waals surface area contributed by atoms with E-state index in [0.717, 1.165) is 24.4 Å². The number of nitro groups is 1. The maximum absolute atomic E-state index is 12.4. The molecule has 154 valence electrons. The second-order valence-electron chi connectivity index (χ2n) is 5.40. The minimum atomic E-state index is -4.84. The SMILES string of the molecule is CC.O=c1cnc2c(Cl)c([N+](=O)[O-])ccc2n1Cc1cccc(OC(F)(F)F)c1. The minimum Gasteiger partial charge on any atom is -0.406 e. The van der Waals surface area contributed by atoms with Crippen molar-refractivity contribution in [2.75, 3.05) is 0 Å². The van der Waals surface area contributed by atoms with Crippen LogP contribution in [0.2, 0.25) is 5.02 Å². The molecule has 0 aliphatic heterocycles. The van der Waals surface area contributed by atoms with E-state index < -0.39 is 22.6 Å². The van der Waals surface area contributed by atoms with Crippen LogP contribution in [-0.4, -0.2) is 20.8 Å². The van der Waals surface area contributed by atoms with Gasteiger partial charge in [-0.1, -0.05) is 37.6 Å². The number of nitrogens with zero attached hydrogens (tertiary/aromatic N) is 3. The van der Waals surface area contributed by atoms with Gasteiger partial charge in [0.1, 0.15) is 16.3 Å². The molecule has 0 unspecified atom stereocenters. The summed E-state index contributed by atoms with van der Waals surface area (Å²) < 4.78 is 42.2. The summed E-state index contributed by atoms with van der Waals surface area (Å²) in [6.07, 6.45) is -3.90. The van der Waals surface area contributed by atoms with Crippen LogP contribution in [0.25, 0.3) is 11.0 Å². The van der Waals surface area contributed by atoms with Gasteiger partial charge in [0, 0.05) is 6.07 Å². The van der Waals surface area contributed by atoms with E-state index >= 15 is 0 Å². The standard InChI is InChI=1S/C16H9ClF3N3O4.C2H6/c17-14-11(23(25)26)4-5-12-15(14)21-7-13(24)22(12)8-9-2-1-3-10(6-9)27-16(18,19)20;1-2/h1-7H,8H2;1-2H3. The lowest BCUT2D eigenvalue weighted by atomic mass is 10.2. The van der Waals surface area contributed by atoms with Crippen molar-refractivity contribution < 1.29 is 22.8 Å². The predicted molar refractivity (Wildman–Crippen MR) is 101 cm³/mol. The molecule has 1 heterocycles. The molecule has 0 spiro atoms. The van der Waals surface area contributed by atoms with Crippen LogP contribution in [0, 0.1) is 10.1 Å². The Morgan fingerprint density at radius 1 is 1.24 bits per heavy atom. The summed E-state index contributed by atoms with van der Waals surface area (Å²) in [6, 6.07) is 7.57. The van der Waals surface area contributed by atoms with E-state index in [4.69, 9.17) is 11.6 Å². The number of hydrogen-bond acceptors (Lipinski definition) is 5. The fourth-order valence-corrected chi connectivity index (χ4v) is 2.80. The molecule has 11 heteroatoms. The maximum Gasteiger partial charge on any atom is 0.573 e. The number of aromatic nitrogens is 2. The summed E-state index contributed by atoms with van der Waals surface area (Å²) in [5, 5.41) is 10.7. The summed E-state index contributed by atoms with van der Waals surface area (Å²) >= 11 is 6.00. The van der Waals surface area contributed by atoms with Gasteiger partial charge in [-0.3, -0.25) is 14.9 Å². The zero-order valence-electron chi connectivity index (χ0n) is 15.2. The van der Waals surface area contributed by atoms with Crippen molar-refractivity contribution in [1.82, 2.24) is 9.55 Å². The van der Waals surface area contributed by atoms with E-state index in [1.54, 1.807) is 0 Å². The normalized spacial score (nSPS) is 11.0. The second-order valence-corrected chi connectivity index (χ2v) is 5.78. The highest BCUT2D eigenvalue weighted by Crippen LogP contribution is 2.31. The van der Waals surface area contributed by atoms with E-state index in [0.29, 0.717) is 5.56 Å². The molecule has 0 amide bonds. The topological polar surface area (TPSA) is 87.3 Å². The summed E-state index contributed by atoms with van der Waals surface area (Å²) in [5.74, 6) is -0.430. The average molecular weight is 430 g/mol. The van der Waals surface area contributed by atoms with Crippen molar-refractivity contribution in [3.05, 3.63) is 73.6 Å². The van der Waals surface area contributed by atoms with Crippen LogP contribution in [0.1, 0.15) is 19.4 Å². The molecule has 0 aliphatic carbocycles. The Morgan fingerprint density at radius 2 is 1.93 bits per heavy atom. The third kappa shape index (κ3) is 5.23. The number of fused-ring (bicyclic) bond motifs is 1. The van der Waals surface area contributed by atoms with E-state index in [1.165, 1.54) is 22.8 Å². The van der Waals surface area contributed by atoms with Crippen molar-refractivity contribution in [3.8, 4) is 5.75 Å². The first-order valence-electron chi connectivity index (χ1n) is 8.33. The molecule has 1 aromatic heterocycles. The third-order valence-corrected chi connectivity index (χ3v) is 3.98. The van der Waals surface area contributed by atoms with Gasteiger partial charge in [0.2, 0.25) is 0 Å². The quantitative estimate of drug-likeness (QED) is 0.433. The van der Waals surface area contributed by atoms with Crippen LogP contribution < -0.4 is 10.3 Å². The molecule has 0 N–H and O–H groups in total. The lowest BCUT2D eigenvalue weighted by Crippen LogP contribution is -2.21. The molecule has 0 fully saturated rings. The zero-order valence-corrected chi connectivity index (χ0v) is 16.0. The number of alkyl halides is 3. The molecule has 3 aromatic rings. The Bertz CT molecular complexity index is 1100. The van der Waals surface area contributed by atoms with Gasteiger partial charge in [0.05, 0.1) is 23.2 Å². The van der Waals surface area contributed by atoms with Gasteiger partial charge >= 0.3 is 6.36 Å². The Kier molecular flexibility index (Phi) is 6.80. The van der Waals surface area contributed by atoms with Crippen molar-refractivity contribution in [2.45, 2.75) is 26.8 Å². The van der Waals surface area contributed by atoms with Gasteiger partial charge < -0.3 is 9.30 Å². The molecule has 0 aliphatic rings. The molecule has 0 atom stereocenters. The Hall–Kier alpha value is -3.14. The van der Waals surface area contributed by atoms with Gasteiger partial charge in [-0.25, -0.2) is 4.98 Å². The van der Waals surface area contributed by atoms with Crippen LogP contribution in [0.4, 0.5) is 18.9 Å². The van der Waals surface area contributed by atoms with Crippen LogP contribution in [-0.2, 0) is 6.54 Å². The summed E-state index contributed by atoms with van der Waals surface area (Å²) in [7, 11) is 0. The molecular formula is C18H15ClF3N3O4. The van der Waals surface area contributed by atoms with Crippen LogP contribution >= 0.6 is 11.6 Å². The monoisotopic (exact) mass is 429 g/mol. The van der Waals surface area contributed by atoms with Gasteiger partial charge in [0.25, 0.3) is 11.2 Å². The maximum atomic E-state index is 12.4. The van der Waals surface area contributed by atoms with Crippen LogP contribution in [0.5, 0.6) is 5.75 Å². The number of halogens is 4. The first-order valence-corrected chi connectivity index (χ1v) is 8.70. The van der Waals surface area contributed by atoms with E-state index in [-0.39, 0.29) is 28.3 Å². The predicted octanol–water partition coefficient (Wildman–Crippen LogP) is 4.93. The molecule has 7 nitrogen and oxygen atoms in total. The Labute approximate surface area is 167 Å². The van der Waals surface area contributed by atoms with Crippen LogP contribution in [0.15, 0.2) is 47.4 Å². The highest BCUT2D eigenvalue weighted by atomic mass is 35.5. The first-order chi connectivity index (χ1) is 13.7. The van der Waals surface area contributed by atoms with Gasteiger partial charge in [-0.2, -0.15) is 0 Å². The fourth-order valence-electron chi connectivity index (χ4n) is 2.52. The second kappa shape index (κ2) is 8.91. The first kappa shape index (κ1) is 22.2. The molecule has 0 bridgehead atoms. The Balaban J connectivity index is 0.00000145. The molecule has 0 saturated carbocycles. The van der Waals surface area contributed by atoms with Gasteiger partial charge in [-0.05, 0) is 23.8 Å². The molecule has 0 radical (unpaired) electrons. The minimum absolute atomic E-state index is 0.0353. The highest BCUT2D eigenvalue weighted by Gasteiger charge is 2.31. The zero-order chi connectivity index (χ0) is 21.8. The van der Waals surface area contributed by atoms with Crippen molar-refractivity contribution in [2.24, 2.45) is 0 Å². The third-order valence-electron chi connectivity index (χ3n) is 3.60. The molecular weight excluding hydrogens is 415 g/mol. The van der Waals surface area contributed by atoms with Crippen LogP contribution in [0.3, 0.4) is 0 Å².